The second kappa shape index (κ2) is 6.23. The Morgan fingerprint density at radius 1 is 1.17 bits per heavy atom. The first kappa shape index (κ1) is 15.9. The molecule has 2 aromatic carbocycles. The lowest BCUT2D eigenvalue weighted by molar-refractivity contribution is -0.136. The van der Waals surface area contributed by atoms with E-state index >= 15 is 0 Å². The zero-order valence-electron chi connectivity index (χ0n) is 13.3. The number of hydrogen-bond donors (Lipinski definition) is 1. The van der Waals surface area contributed by atoms with Gasteiger partial charge in [0.2, 0.25) is 0 Å². The quantitative estimate of drug-likeness (QED) is 0.850. The second-order valence-electron chi connectivity index (χ2n) is 5.35. The fourth-order valence-electron chi connectivity index (χ4n) is 2.89. The minimum atomic E-state index is -0.970. The minimum absolute atomic E-state index is 0.206. The van der Waals surface area contributed by atoms with E-state index in [-0.39, 0.29) is 19.0 Å². The Labute approximate surface area is 138 Å². The third-order valence-electron chi connectivity index (χ3n) is 3.97. The second-order valence-corrected chi connectivity index (χ2v) is 5.35. The third-order valence-corrected chi connectivity index (χ3v) is 3.97. The van der Waals surface area contributed by atoms with Crippen molar-refractivity contribution in [1.82, 2.24) is 0 Å². The normalized spacial score (nSPS) is 12.5. The van der Waals surface area contributed by atoms with Crippen molar-refractivity contribution in [3.05, 3.63) is 47.0 Å². The van der Waals surface area contributed by atoms with E-state index in [0.717, 1.165) is 16.7 Å². The Bertz CT molecular complexity index is 824. The van der Waals surface area contributed by atoms with E-state index in [1.54, 1.807) is 24.3 Å². The maximum Gasteiger partial charge on any atom is 0.338 e. The van der Waals surface area contributed by atoms with Crippen LogP contribution in [0.1, 0.15) is 21.5 Å². The van der Waals surface area contributed by atoms with Gasteiger partial charge in [-0.2, -0.15) is 0 Å². The number of rotatable bonds is 5. The summed E-state index contributed by atoms with van der Waals surface area (Å²) in [6.07, 6.45) is -0.206. The Morgan fingerprint density at radius 2 is 1.92 bits per heavy atom. The number of aliphatic carboxylic acids is 1. The van der Waals surface area contributed by atoms with E-state index in [0.29, 0.717) is 22.6 Å². The number of carbonyl (C=O) groups excluding carboxylic acids is 1. The molecule has 1 N–H and O–H groups in total. The van der Waals surface area contributed by atoms with Gasteiger partial charge in [0.25, 0.3) is 0 Å². The lowest BCUT2D eigenvalue weighted by Gasteiger charge is -2.16. The molecule has 24 heavy (non-hydrogen) atoms. The molecule has 6 nitrogen and oxygen atoms in total. The summed E-state index contributed by atoms with van der Waals surface area (Å²) in [6, 6.07) is 8.83. The first-order valence-corrected chi connectivity index (χ1v) is 7.31. The van der Waals surface area contributed by atoms with E-state index < -0.39 is 5.97 Å². The van der Waals surface area contributed by atoms with Crippen molar-refractivity contribution >= 4 is 11.9 Å². The van der Waals surface area contributed by atoms with Crippen molar-refractivity contribution in [3.63, 3.8) is 0 Å². The molecule has 1 heterocycles. The monoisotopic (exact) mass is 328 g/mol. The highest BCUT2D eigenvalue weighted by molar-refractivity contribution is 5.94. The van der Waals surface area contributed by atoms with Crippen LogP contribution in [0.4, 0.5) is 0 Å². The molecule has 6 heteroatoms. The standard InChI is InChI=1S/C18H16O6/c1-22-15-6-5-12(14(8-16(19)20)17(15)23-2)10-3-4-13-11(7-10)9-24-18(13)21/h3-7H,8-9H2,1-2H3,(H,19,20). The van der Waals surface area contributed by atoms with E-state index in [9.17, 15) is 14.7 Å². The van der Waals surface area contributed by atoms with E-state index in [2.05, 4.69) is 0 Å². The Morgan fingerprint density at radius 3 is 2.58 bits per heavy atom. The predicted molar refractivity (Wildman–Crippen MR) is 85.4 cm³/mol. The van der Waals surface area contributed by atoms with Crippen molar-refractivity contribution < 1.29 is 28.9 Å². The zero-order chi connectivity index (χ0) is 17.3. The summed E-state index contributed by atoms with van der Waals surface area (Å²) < 4.78 is 15.6. The highest BCUT2D eigenvalue weighted by atomic mass is 16.5. The van der Waals surface area contributed by atoms with Gasteiger partial charge in [0, 0.05) is 11.1 Å². The Balaban J connectivity index is 2.17. The van der Waals surface area contributed by atoms with Gasteiger partial charge in [0.1, 0.15) is 6.61 Å². The molecular weight excluding hydrogens is 312 g/mol. The van der Waals surface area contributed by atoms with Crippen molar-refractivity contribution in [2.45, 2.75) is 13.0 Å². The Kier molecular flexibility index (Phi) is 4.12. The van der Waals surface area contributed by atoms with Crippen LogP contribution in [-0.2, 0) is 22.6 Å². The van der Waals surface area contributed by atoms with Gasteiger partial charge in [-0.05, 0) is 29.3 Å². The number of ether oxygens (including phenoxy) is 3. The summed E-state index contributed by atoms with van der Waals surface area (Å²) in [7, 11) is 2.97. The van der Waals surface area contributed by atoms with Crippen molar-refractivity contribution in [1.29, 1.82) is 0 Å². The number of fused-ring (bicyclic) bond motifs is 1. The van der Waals surface area contributed by atoms with Crippen LogP contribution >= 0.6 is 0 Å². The molecule has 0 fully saturated rings. The number of hydrogen-bond acceptors (Lipinski definition) is 5. The van der Waals surface area contributed by atoms with Gasteiger partial charge in [-0.15, -0.1) is 0 Å². The van der Waals surface area contributed by atoms with Crippen molar-refractivity contribution in [2.24, 2.45) is 0 Å². The van der Waals surface area contributed by atoms with Gasteiger partial charge in [0.05, 0.1) is 26.2 Å². The van der Waals surface area contributed by atoms with Crippen LogP contribution in [0.25, 0.3) is 11.1 Å². The van der Waals surface area contributed by atoms with Crippen LogP contribution in [0.15, 0.2) is 30.3 Å². The maximum atomic E-state index is 11.6. The van der Waals surface area contributed by atoms with Crippen molar-refractivity contribution in [3.8, 4) is 22.6 Å². The third kappa shape index (κ3) is 2.67. The van der Waals surface area contributed by atoms with Crippen LogP contribution in [0.2, 0.25) is 0 Å². The maximum absolute atomic E-state index is 11.6. The largest absolute Gasteiger partial charge is 0.493 e. The van der Waals surface area contributed by atoms with E-state index in [4.69, 9.17) is 14.2 Å². The van der Waals surface area contributed by atoms with Crippen LogP contribution in [-0.4, -0.2) is 31.3 Å². The molecule has 0 spiro atoms. The Hall–Kier alpha value is -3.02. The number of carbonyl (C=O) groups is 2. The van der Waals surface area contributed by atoms with Gasteiger partial charge in [-0.3, -0.25) is 4.79 Å². The molecule has 2 aromatic rings. The summed E-state index contributed by atoms with van der Waals surface area (Å²) in [5.41, 5.74) is 3.36. The van der Waals surface area contributed by atoms with Crippen LogP contribution in [0.5, 0.6) is 11.5 Å². The molecule has 0 atom stereocenters. The molecule has 1 aliphatic rings. The topological polar surface area (TPSA) is 82.1 Å². The lowest BCUT2D eigenvalue weighted by Crippen LogP contribution is -2.06. The number of cyclic esters (lactones) is 1. The summed E-state index contributed by atoms with van der Waals surface area (Å²) >= 11 is 0. The number of esters is 1. The lowest BCUT2D eigenvalue weighted by atomic mass is 9.94. The average Bonchev–Trinajstić information content (AvgIpc) is 2.94. The number of carboxylic acid groups (broad SMARTS) is 1. The summed E-state index contributed by atoms with van der Waals surface area (Å²) in [4.78, 5) is 22.9. The molecule has 0 amide bonds. The molecule has 0 bridgehead atoms. The summed E-state index contributed by atoms with van der Waals surface area (Å²) in [6.45, 7) is 0.226. The highest BCUT2D eigenvalue weighted by Gasteiger charge is 2.23. The van der Waals surface area contributed by atoms with Crippen LogP contribution < -0.4 is 9.47 Å². The molecule has 0 unspecified atom stereocenters. The highest BCUT2D eigenvalue weighted by Crippen LogP contribution is 2.39. The fourth-order valence-corrected chi connectivity index (χ4v) is 2.89. The zero-order valence-corrected chi connectivity index (χ0v) is 13.3. The average molecular weight is 328 g/mol. The summed E-state index contributed by atoms with van der Waals surface area (Å²) in [5, 5.41) is 9.25. The fraction of sp³-hybridized carbons (Fsp3) is 0.222. The van der Waals surface area contributed by atoms with Crippen LogP contribution in [0, 0.1) is 0 Å². The van der Waals surface area contributed by atoms with E-state index in [1.807, 2.05) is 6.07 Å². The first-order valence-electron chi connectivity index (χ1n) is 7.31. The number of benzene rings is 2. The van der Waals surface area contributed by atoms with E-state index in [1.165, 1.54) is 14.2 Å². The first-order chi connectivity index (χ1) is 11.5. The minimum Gasteiger partial charge on any atom is -0.493 e. The van der Waals surface area contributed by atoms with Crippen LogP contribution in [0.3, 0.4) is 0 Å². The molecule has 0 saturated carbocycles. The van der Waals surface area contributed by atoms with Gasteiger partial charge >= 0.3 is 11.9 Å². The van der Waals surface area contributed by atoms with Gasteiger partial charge < -0.3 is 19.3 Å². The van der Waals surface area contributed by atoms with Gasteiger partial charge in [-0.1, -0.05) is 12.1 Å². The molecule has 0 aromatic heterocycles. The number of carboxylic acids is 1. The molecule has 0 radical (unpaired) electrons. The molecular formula is C18H16O6. The number of methoxy groups -OCH3 is 2. The van der Waals surface area contributed by atoms with Gasteiger partial charge in [0.15, 0.2) is 11.5 Å². The molecule has 0 saturated heterocycles. The smallest absolute Gasteiger partial charge is 0.338 e. The summed E-state index contributed by atoms with van der Waals surface area (Å²) in [5.74, 6) is -0.445. The molecule has 0 aliphatic carbocycles. The SMILES string of the molecule is COc1ccc(-c2ccc3c(c2)COC3=O)c(CC(=O)O)c1OC. The predicted octanol–water partition coefficient (Wildman–Crippen LogP) is 2.67. The van der Waals surface area contributed by atoms with Crippen molar-refractivity contribution in [2.75, 3.05) is 14.2 Å². The molecule has 1 aliphatic heterocycles. The molecule has 124 valence electrons. The van der Waals surface area contributed by atoms with Gasteiger partial charge in [-0.25, -0.2) is 4.79 Å². The molecule has 3 rings (SSSR count).